The van der Waals surface area contributed by atoms with E-state index in [0.29, 0.717) is 11.6 Å². The van der Waals surface area contributed by atoms with Gasteiger partial charge in [0.05, 0.1) is 16.9 Å². The second kappa shape index (κ2) is 5.77. The van der Waals surface area contributed by atoms with E-state index in [1.807, 2.05) is 40.0 Å². The van der Waals surface area contributed by atoms with Gasteiger partial charge in [-0.3, -0.25) is 9.97 Å². The van der Waals surface area contributed by atoms with Gasteiger partial charge in [0.1, 0.15) is 11.4 Å². The number of nitrogens with one attached hydrogen (secondary N) is 1. The van der Waals surface area contributed by atoms with E-state index in [0.717, 1.165) is 22.8 Å². The molecule has 2 rings (SSSR count). The second-order valence-corrected chi connectivity index (χ2v) is 5.61. The lowest BCUT2D eigenvalue weighted by Gasteiger charge is -2.25. The Bertz CT molecular complexity index is 653. The summed E-state index contributed by atoms with van der Waals surface area (Å²) in [4.78, 5) is 13.4. The van der Waals surface area contributed by atoms with Crippen LogP contribution in [0.15, 0.2) is 18.3 Å². The number of pyridine rings is 1. The Kier molecular flexibility index (Phi) is 4.23. The highest BCUT2D eigenvalue weighted by Gasteiger charge is 2.24. The first-order chi connectivity index (χ1) is 9.85. The van der Waals surface area contributed by atoms with Gasteiger partial charge in [0.25, 0.3) is 0 Å². The van der Waals surface area contributed by atoms with Crippen LogP contribution in [0.25, 0.3) is 0 Å². The van der Waals surface area contributed by atoms with Crippen molar-refractivity contribution in [3.63, 3.8) is 0 Å². The molecule has 0 fully saturated rings. The van der Waals surface area contributed by atoms with Gasteiger partial charge in [0, 0.05) is 6.20 Å². The molecule has 2 aromatic rings. The van der Waals surface area contributed by atoms with Gasteiger partial charge >= 0.3 is 0 Å². The molecule has 0 bridgehead atoms. The summed E-state index contributed by atoms with van der Waals surface area (Å²) in [7, 11) is 1.90. The van der Waals surface area contributed by atoms with Crippen molar-refractivity contribution in [3.8, 4) is 11.6 Å². The third-order valence-electron chi connectivity index (χ3n) is 3.63. The summed E-state index contributed by atoms with van der Waals surface area (Å²) in [5.41, 5.74) is 3.11. The summed E-state index contributed by atoms with van der Waals surface area (Å²) in [5.74, 6) is 1.22. The van der Waals surface area contributed by atoms with Gasteiger partial charge in [-0.05, 0) is 53.8 Å². The third-order valence-corrected chi connectivity index (χ3v) is 3.63. The van der Waals surface area contributed by atoms with Crippen LogP contribution < -0.4 is 10.1 Å². The molecule has 0 amide bonds. The van der Waals surface area contributed by atoms with Crippen LogP contribution in [0, 0.1) is 20.8 Å². The molecule has 0 aliphatic heterocycles. The smallest absolute Gasteiger partial charge is 0.241 e. The summed E-state index contributed by atoms with van der Waals surface area (Å²) in [6.45, 7) is 9.88. The van der Waals surface area contributed by atoms with Crippen molar-refractivity contribution in [2.45, 2.75) is 40.2 Å². The summed E-state index contributed by atoms with van der Waals surface area (Å²) >= 11 is 0. The van der Waals surface area contributed by atoms with Crippen LogP contribution in [-0.2, 0) is 5.54 Å². The number of aromatic nitrogens is 3. The minimum absolute atomic E-state index is 0.294. The topological polar surface area (TPSA) is 59.9 Å². The average Bonchev–Trinajstić information content (AvgIpc) is 2.45. The van der Waals surface area contributed by atoms with Gasteiger partial charge in [-0.1, -0.05) is 0 Å². The first kappa shape index (κ1) is 15.4. The second-order valence-electron chi connectivity index (χ2n) is 5.61. The predicted octanol–water partition coefficient (Wildman–Crippen LogP) is 3.04. The van der Waals surface area contributed by atoms with Crippen molar-refractivity contribution < 1.29 is 4.74 Å². The van der Waals surface area contributed by atoms with Gasteiger partial charge in [0.15, 0.2) is 5.75 Å². The first-order valence-corrected chi connectivity index (χ1v) is 6.99. The quantitative estimate of drug-likeness (QED) is 0.936. The summed E-state index contributed by atoms with van der Waals surface area (Å²) in [5, 5.41) is 3.24. The highest BCUT2D eigenvalue weighted by atomic mass is 16.5. The molecule has 0 spiro atoms. The molecule has 0 atom stereocenters. The van der Waals surface area contributed by atoms with Crippen LogP contribution in [0.5, 0.6) is 11.6 Å². The fraction of sp³-hybridized carbons (Fsp3) is 0.438. The zero-order chi connectivity index (χ0) is 15.6. The maximum absolute atomic E-state index is 5.99. The molecular weight excluding hydrogens is 264 g/mol. The minimum Gasteiger partial charge on any atom is -0.435 e. The maximum atomic E-state index is 5.99. The fourth-order valence-electron chi connectivity index (χ4n) is 1.96. The van der Waals surface area contributed by atoms with E-state index in [1.165, 1.54) is 0 Å². The van der Waals surface area contributed by atoms with Crippen LogP contribution in [0.3, 0.4) is 0 Å². The van der Waals surface area contributed by atoms with Gasteiger partial charge in [0.2, 0.25) is 5.88 Å². The molecule has 5 nitrogen and oxygen atoms in total. The molecule has 0 saturated heterocycles. The summed E-state index contributed by atoms with van der Waals surface area (Å²) in [6.07, 6.45) is 1.76. The van der Waals surface area contributed by atoms with Gasteiger partial charge in [-0.25, -0.2) is 4.98 Å². The zero-order valence-corrected chi connectivity index (χ0v) is 13.5. The van der Waals surface area contributed by atoms with Gasteiger partial charge in [-0.2, -0.15) is 0 Å². The van der Waals surface area contributed by atoms with Crippen LogP contribution in [-0.4, -0.2) is 22.0 Å². The van der Waals surface area contributed by atoms with Gasteiger partial charge in [-0.15, -0.1) is 0 Å². The molecule has 0 aliphatic rings. The van der Waals surface area contributed by atoms with Crippen molar-refractivity contribution in [1.29, 1.82) is 0 Å². The molecule has 0 saturated carbocycles. The Labute approximate surface area is 125 Å². The number of hydrogen-bond donors (Lipinski definition) is 1. The molecule has 1 N–H and O–H groups in total. The lowest BCUT2D eigenvalue weighted by molar-refractivity contribution is 0.385. The SMILES string of the molecule is CNC(C)(C)c1ncccc1Oc1nc(C)c(C)nc1C. The largest absolute Gasteiger partial charge is 0.435 e. The fourth-order valence-corrected chi connectivity index (χ4v) is 1.96. The number of ether oxygens (including phenoxy) is 1. The van der Waals surface area contributed by atoms with E-state index >= 15 is 0 Å². The molecular formula is C16H22N4O. The Morgan fingerprint density at radius 3 is 2.38 bits per heavy atom. The number of rotatable bonds is 4. The number of nitrogens with zero attached hydrogens (tertiary/aromatic N) is 3. The summed E-state index contributed by atoms with van der Waals surface area (Å²) < 4.78 is 5.99. The highest BCUT2D eigenvalue weighted by Crippen LogP contribution is 2.31. The Morgan fingerprint density at radius 1 is 1.05 bits per heavy atom. The monoisotopic (exact) mass is 286 g/mol. The van der Waals surface area contributed by atoms with E-state index in [-0.39, 0.29) is 5.54 Å². The minimum atomic E-state index is -0.294. The van der Waals surface area contributed by atoms with Crippen LogP contribution in [0.2, 0.25) is 0 Å². The Morgan fingerprint density at radius 2 is 1.71 bits per heavy atom. The summed E-state index contributed by atoms with van der Waals surface area (Å²) in [6, 6.07) is 3.76. The Balaban J connectivity index is 2.44. The lowest BCUT2D eigenvalue weighted by atomic mass is 9.99. The zero-order valence-electron chi connectivity index (χ0n) is 13.5. The van der Waals surface area contributed by atoms with E-state index in [1.54, 1.807) is 6.20 Å². The molecule has 5 heteroatoms. The van der Waals surface area contributed by atoms with Crippen molar-refractivity contribution in [3.05, 3.63) is 41.1 Å². The van der Waals surface area contributed by atoms with Crippen LogP contribution in [0.4, 0.5) is 0 Å². The number of aryl methyl sites for hydroxylation is 3. The van der Waals surface area contributed by atoms with E-state index in [9.17, 15) is 0 Å². The van der Waals surface area contributed by atoms with Crippen LogP contribution in [0.1, 0.15) is 36.6 Å². The molecule has 0 radical (unpaired) electrons. The molecule has 2 heterocycles. The molecule has 2 aromatic heterocycles. The normalized spacial score (nSPS) is 11.5. The van der Waals surface area contributed by atoms with Crippen molar-refractivity contribution in [1.82, 2.24) is 20.3 Å². The molecule has 112 valence electrons. The molecule has 0 aliphatic carbocycles. The average molecular weight is 286 g/mol. The molecule has 0 aromatic carbocycles. The third kappa shape index (κ3) is 3.19. The van der Waals surface area contributed by atoms with Crippen molar-refractivity contribution >= 4 is 0 Å². The molecule has 0 unspecified atom stereocenters. The lowest BCUT2D eigenvalue weighted by Crippen LogP contribution is -2.34. The van der Waals surface area contributed by atoms with E-state index < -0.39 is 0 Å². The van der Waals surface area contributed by atoms with E-state index in [4.69, 9.17) is 4.74 Å². The first-order valence-electron chi connectivity index (χ1n) is 6.99. The molecule has 21 heavy (non-hydrogen) atoms. The van der Waals surface area contributed by atoms with Crippen molar-refractivity contribution in [2.75, 3.05) is 7.05 Å². The van der Waals surface area contributed by atoms with Crippen molar-refractivity contribution in [2.24, 2.45) is 0 Å². The van der Waals surface area contributed by atoms with E-state index in [2.05, 4.69) is 34.1 Å². The standard InChI is InChI=1S/C16H22N4O/c1-10-11(2)20-15(12(3)19-10)21-13-8-7-9-18-14(13)16(4,5)17-6/h7-9,17H,1-6H3. The van der Waals surface area contributed by atoms with Gasteiger partial charge < -0.3 is 10.1 Å². The number of hydrogen-bond acceptors (Lipinski definition) is 5. The predicted molar refractivity (Wildman–Crippen MR) is 82.6 cm³/mol. The van der Waals surface area contributed by atoms with Crippen LogP contribution >= 0.6 is 0 Å². The Hall–Kier alpha value is -2.01. The highest BCUT2D eigenvalue weighted by molar-refractivity contribution is 5.36. The maximum Gasteiger partial charge on any atom is 0.241 e.